The van der Waals surface area contributed by atoms with Gasteiger partial charge in [0.2, 0.25) is 0 Å². The highest BCUT2D eigenvalue weighted by molar-refractivity contribution is 4.97. The van der Waals surface area contributed by atoms with Crippen LogP contribution in [0.4, 0.5) is 0 Å². The Morgan fingerprint density at radius 2 is 2.06 bits per heavy atom. The molecule has 2 N–H and O–H groups in total. The van der Waals surface area contributed by atoms with E-state index < -0.39 is 0 Å². The minimum atomic E-state index is -0.0328. The SMILES string of the molecule is CC(C)NC1(CO)CCCC(N(C)CC2CC2)C1. The standard InChI is InChI=1S/C15H30N2O/c1-12(2)16-15(11-18)8-4-5-14(9-15)17(3)10-13-6-7-13/h12-14,16,18H,4-11H2,1-3H3. The minimum absolute atomic E-state index is 0.0328. The van der Waals surface area contributed by atoms with Gasteiger partial charge in [0, 0.05) is 24.2 Å². The largest absolute Gasteiger partial charge is 0.394 e. The van der Waals surface area contributed by atoms with E-state index in [9.17, 15) is 5.11 Å². The van der Waals surface area contributed by atoms with Crippen molar-refractivity contribution in [2.24, 2.45) is 5.92 Å². The molecule has 0 saturated heterocycles. The van der Waals surface area contributed by atoms with E-state index in [2.05, 4.69) is 31.1 Å². The first kappa shape index (κ1) is 14.3. The van der Waals surface area contributed by atoms with E-state index in [1.807, 2.05) is 0 Å². The van der Waals surface area contributed by atoms with Gasteiger partial charge in [-0.15, -0.1) is 0 Å². The summed E-state index contributed by atoms with van der Waals surface area (Å²) < 4.78 is 0. The molecular formula is C15H30N2O. The highest BCUT2D eigenvalue weighted by atomic mass is 16.3. The number of nitrogens with zero attached hydrogens (tertiary/aromatic N) is 1. The van der Waals surface area contributed by atoms with Crippen LogP contribution in [0.5, 0.6) is 0 Å². The summed E-state index contributed by atoms with van der Waals surface area (Å²) in [6, 6.07) is 1.10. The molecule has 2 aliphatic rings. The highest BCUT2D eigenvalue weighted by Gasteiger charge is 2.38. The molecule has 2 aliphatic carbocycles. The first-order chi connectivity index (χ1) is 8.54. The van der Waals surface area contributed by atoms with Crippen molar-refractivity contribution in [3.05, 3.63) is 0 Å². The molecule has 2 unspecified atom stereocenters. The van der Waals surface area contributed by atoms with Gasteiger partial charge < -0.3 is 15.3 Å². The fraction of sp³-hybridized carbons (Fsp3) is 1.00. The number of aliphatic hydroxyl groups is 1. The first-order valence-electron chi connectivity index (χ1n) is 7.63. The van der Waals surface area contributed by atoms with Crippen LogP contribution in [0, 0.1) is 5.92 Å². The summed E-state index contributed by atoms with van der Waals surface area (Å²) >= 11 is 0. The van der Waals surface area contributed by atoms with E-state index in [0.717, 1.165) is 18.8 Å². The molecule has 106 valence electrons. The Morgan fingerprint density at radius 1 is 1.33 bits per heavy atom. The summed E-state index contributed by atoms with van der Waals surface area (Å²) in [7, 11) is 2.27. The lowest BCUT2D eigenvalue weighted by Gasteiger charge is -2.44. The Bertz CT molecular complexity index is 265. The fourth-order valence-electron chi connectivity index (χ4n) is 3.50. The summed E-state index contributed by atoms with van der Waals surface area (Å²) in [5.74, 6) is 0.957. The van der Waals surface area contributed by atoms with Crippen LogP contribution in [0.15, 0.2) is 0 Å². The second kappa shape index (κ2) is 5.89. The second-order valence-electron chi connectivity index (χ2n) is 6.87. The summed E-state index contributed by atoms with van der Waals surface area (Å²) in [5, 5.41) is 13.4. The van der Waals surface area contributed by atoms with Gasteiger partial charge in [0.15, 0.2) is 0 Å². The summed E-state index contributed by atoms with van der Waals surface area (Å²) in [6.07, 6.45) is 7.60. The molecule has 0 aromatic rings. The Labute approximate surface area is 112 Å². The predicted octanol–water partition coefficient (Wildman–Crippen LogP) is 2.00. The average molecular weight is 254 g/mol. The van der Waals surface area contributed by atoms with E-state index in [0.29, 0.717) is 12.1 Å². The zero-order valence-corrected chi connectivity index (χ0v) is 12.3. The fourth-order valence-corrected chi connectivity index (χ4v) is 3.50. The van der Waals surface area contributed by atoms with Gasteiger partial charge in [-0.1, -0.05) is 13.8 Å². The molecule has 0 radical (unpaired) electrons. The maximum atomic E-state index is 9.80. The molecule has 2 atom stereocenters. The molecule has 2 saturated carbocycles. The zero-order chi connectivity index (χ0) is 13.2. The van der Waals surface area contributed by atoms with Crippen molar-refractivity contribution in [3.8, 4) is 0 Å². The van der Waals surface area contributed by atoms with Gasteiger partial charge in [-0.05, 0) is 51.5 Å². The molecule has 3 nitrogen and oxygen atoms in total. The summed E-state index contributed by atoms with van der Waals surface area (Å²) in [6.45, 7) is 5.89. The van der Waals surface area contributed by atoms with Crippen molar-refractivity contribution in [1.82, 2.24) is 10.2 Å². The molecule has 0 bridgehead atoms. The lowest BCUT2D eigenvalue weighted by atomic mass is 9.78. The molecule has 0 amide bonds. The van der Waals surface area contributed by atoms with Crippen molar-refractivity contribution in [1.29, 1.82) is 0 Å². The molecule has 0 aromatic carbocycles. The van der Waals surface area contributed by atoms with E-state index in [1.54, 1.807) is 0 Å². The Hall–Kier alpha value is -0.120. The molecule has 2 fully saturated rings. The average Bonchev–Trinajstić information content (AvgIpc) is 3.12. The quantitative estimate of drug-likeness (QED) is 0.761. The predicted molar refractivity (Wildman–Crippen MR) is 75.7 cm³/mol. The molecule has 18 heavy (non-hydrogen) atoms. The van der Waals surface area contributed by atoms with Crippen molar-refractivity contribution in [3.63, 3.8) is 0 Å². The van der Waals surface area contributed by atoms with Crippen LogP contribution >= 0.6 is 0 Å². The zero-order valence-electron chi connectivity index (χ0n) is 12.3. The smallest absolute Gasteiger partial charge is 0.0613 e. The molecule has 0 aromatic heterocycles. The Kier molecular flexibility index (Phi) is 4.68. The molecule has 0 heterocycles. The number of hydrogen-bond donors (Lipinski definition) is 2. The molecule has 0 aliphatic heterocycles. The summed E-state index contributed by atoms with van der Waals surface area (Å²) in [4.78, 5) is 2.54. The van der Waals surface area contributed by atoms with E-state index in [1.165, 1.54) is 32.2 Å². The number of hydrogen-bond acceptors (Lipinski definition) is 3. The van der Waals surface area contributed by atoms with Crippen LogP contribution in [0.3, 0.4) is 0 Å². The topological polar surface area (TPSA) is 35.5 Å². The van der Waals surface area contributed by atoms with Crippen LogP contribution in [0.25, 0.3) is 0 Å². The number of nitrogens with one attached hydrogen (secondary N) is 1. The van der Waals surface area contributed by atoms with Gasteiger partial charge >= 0.3 is 0 Å². The normalized spacial score (nSPS) is 33.3. The van der Waals surface area contributed by atoms with Crippen LogP contribution in [0.1, 0.15) is 52.4 Å². The van der Waals surface area contributed by atoms with Gasteiger partial charge in [0.25, 0.3) is 0 Å². The minimum Gasteiger partial charge on any atom is -0.394 e. The van der Waals surface area contributed by atoms with E-state index in [4.69, 9.17) is 0 Å². The van der Waals surface area contributed by atoms with Crippen molar-refractivity contribution < 1.29 is 5.11 Å². The second-order valence-corrected chi connectivity index (χ2v) is 6.87. The van der Waals surface area contributed by atoms with Crippen molar-refractivity contribution >= 4 is 0 Å². The third kappa shape index (κ3) is 3.69. The number of rotatable bonds is 6. The molecule has 3 heteroatoms. The monoisotopic (exact) mass is 254 g/mol. The number of aliphatic hydroxyl groups excluding tert-OH is 1. The first-order valence-corrected chi connectivity index (χ1v) is 7.63. The van der Waals surface area contributed by atoms with Crippen LogP contribution < -0.4 is 5.32 Å². The van der Waals surface area contributed by atoms with Crippen LogP contribution in [0.2, 0.25) is 0 Å². The molecule has 2 rings (SSSR count). The van der Waals surface area contributed by atoms with E-state index >= 15 is 0 Å². The highest BCUT2D eigenvalue weighted by Crippen LogP contribution is 2.34. The maximum absolute atomic E-state index is 9.80. The van der Waals surface area contributed by atoms with Gasteiger partial charge in [0.1, 0.15) is 0 Å². The van der Waals surface area contributed by atoms with Gasteiger partial charge in [0.05, 0.1) is 6.61 Å². The third-order valence-corrected chi connectivity index (χ3v) is 4.58. The van der Waals surface area contributed by atoms with Gasteiger partial charge in [-0.25, -0.2) is 0 Å². The van der Waals surface area contributed by atoms with E-state index in [-0.39, 0.29) is 12.1 Å². The Balaban J connectivity index is 1.92. The lowest BCUT2D eigenvalue weighted by molar-refractivity contribution is 0.0624. The van der Waals surface area contributed by atoms with Gasteiger partial charge in [-0.2, -0.15) is 0 Å². The summed E-state index contributed by atoms with van der Waals surface area (Å²) in [5.41, 5.74) is -0.0328. The lowest BCUT2D eigenvalue weighted by Crippen LogP contribution is -2.57. The van der Waals surface area contributed by atoms with Crippen molar-refractivity contribution in [2.45, 2.75) is 70.0 Å². The van der Waals surface area contributed by atoms with Crippen LogP contribution in [-0.4, -0.2) is 47.8 Å². The maximum Gasteiger partial charge on any atom is 0.0613 e. The molecule has 0 spiro atoms. The van der Waals surface area contributed by atoms with Crippen LogP contribution in [-0.2, 0) is 0 Å². The molecular weight excluding hydrogens is 224 g/mol. The van der Waals surface area contributed by atoms with Crippen molar-refractivity contribution in [2.75, 3.05) is 20.2 Å². The third-order valence-electron chi connectivity index (χ3n) is 4.58. The van der Waals surface area contributed by atoms with Gasteiger partial charge in [-0.3, -0.25) is 0 Å². The Morgan fingerprint density at radius 3 is 2.61 bits per heavy atom.